The molecule has 0 amide bonds. The Morgan fingerprint density at radius 1 is 1.22 bits per heavy atom. The molecule has 0 bridgehead atoms. The Hall–Kier alpha value is -2.62. The number of esters is 1. The summed E-state index contributed by atoms with van der Waals surface area (Å²) in [6.07, 6.45) is 8.29. The van der Waals surface area contributed by atoms with Crippen LogP contribution in [0.3, 0.4) is 0 Å². The number of ether oxygens (including phenoxy) is 2. The van der Waals surface area contributed by atoms with Crippen LogP contribution in [0.5, 0.6) is 5.75 Å². The van der Waals surface area contributed by atoms with Gasteiger partial charge < -0.3 is 9.47 Å². The van der Waals surface area contributed by atoms with Gasteiger partial charge in [-0.25, -0.2) is 4.79 Å². The fraction of sp³-hybridized carbons (Fsp3) is 0.263. The summed E-state index contributed by atoms with van der Waals surface area (Å²) in [4.78, 5) is 15.6. The van der Waals surface area contributed by atoms with E-state index in [0.717, 1.165) is 24.0 Å². The smallest absolute Gasteiger partial charge is 0.330 e. The van der Waals surface area contributed by atoms with Gasteiger partial charge in [0, 0.05) is 12.3 Å². The van der Waals surface area contributed by atoms with Crippen LogP contribution in [0.15, 0.2) is 54.9 Å². The summed E-state index contributed by atoms with van der Waals surface area (Å²) >= 11 is 0. The maximum absolute atomic E-state index is 11.5. The lowest BCUT2D eigenvalue weighted by Crippen LogP contribution is -2.01. The van der Waals surface area contributed by atoms with E-state index >= 15 is 0 Å². The summed E-state index contributed by atoms with van der Waals surface area (Å²) in [5, 5.41) is 0. The first-order chi connectivity index (χ1) is 11.3. The lowest BCUT2D eigenvalue weighted by molar-refractivity contribution is -0.137. The summed E-state index contributed by atoms with van der Waals surface area (Å²) in [6.45, 7) is 2.99. The second kappa shape index (κ2) is 9.41. The Morgan fingerprint density at radius 3 is 2.83 bits per heavy atom. The topological polar surface area (TPSA) is 48.4 Å². The Kier molecular flexibility index (Phi) is 6.85. The number of carbonyl (C=O) groups is 1. The van der Waals surface area contributed by atoms with Crippen molar-refractivity contribution in [3.63, 3.8) is 0 Å². The van der Waals surface area contributed by atoms with E-state index in [0.29, 0.717) is 19.0 Å². The molecule has 0 aliphatic carbocycles. The van der Waals surface area contributed by atoms with Crippen LogP contribution in [-0.2, 0) is 16.1 Å². The first-order valence-corrected chi connectivity index (χ1v) is 7.74. The van der Waals surface area contributed by atoms with Crippen LogP contribution in [0.1, 0.15) is 30.9 Å². The Morgan fingerprint density at radius 2 is 2.04 bits per heavy atom. The maximum atomic E-state index is 11.5. The molecule has 0 spiro atoms. The third-order valence-corrected chi connectivity index (χ3v) is 3.14. The summed E-state index contributed by atoms with van der Waals surface area (Å²) in [7, 11) is 0. The normalized spacial score (nSPS) is 10.7. The average molecular weight is 311 g/mol. The van der Waals surface area contributed by atoms with Crippen molar-refractivity contribution in [3.05, 3.63) is 66.0 Å². The second-order valence-corrected chi connectivity index (χ2v) is 5.08. The molecule has 1 aromatic heterocycles. The minimum Gasteiger partial charge on any atom is -0.487 e. The molecule has 1 aromatic carbocycles. The molecule has 4 heteroatoms. The first-order valence-electron chi connectivity index (χ1n) is 7.74. The van der Waals surface area contributed by atoms with Crippen LogP contribution in [-0.4, -0.2) is 17.6 Å². The van der Waals surface area contributed by atoms with E-state index in [-0.39, 0.29) is 5.97 Å². The van der Waals surface area contributed by atoms with Crippen molar-refractivity contribution in [2.24, 2.45) is 0 Å². The van der Waals surface area contributed by atoms with E-state index < -0.39 is 0 Å². The zero-order valence-electron chi connectivity index (χ0n) is 13.3. The summed E-state index contributed by atoms with van der Waals surface area (Å²) in [5.74, 6) is 0.324. The summed E-state index contributed by atoms with van der Waals surface area (Å²) in [5.41, 5.74) is 1.89. The van der Waals surface area contributed by atoms with E-state index in [1.165, 1.54) is 6.08 Å². The number of unbranched alkanes of at least 4 members (excludes halogenated alkanes) is 1. The minimum absolute atomic E-state index is 0.339. The van der Waals surface area contributed by atoms with Gasteiger partial charge in [-0.05, 0) is 29.7 Å². The van der Waals surface area contributed by atoms with E-state index in [1.54, 1.807) is 18.5 Å². The van der Waals surface area contributed by atoms with Crippen LogP contribution >= 0.6 is 0 Å². The van der Waals surface area contributed by atoms with Gasteiger partial charge in [0.15, 0.2) is 0 Å². The highest BCUT2D eigenvalue weighted by Crippen LogP contribution is 2.14. The van der Waals surface area contributed by atoms with Gasteiger partial charge in [0.1, 0.15) is 12.4 Å². The fourth-order valence-corrected chi connectivity index (χ4v) is 1.88. The molecular formula is C19H21NO3. The number of hydrogen-bond donors (Lipinski definition) is 0. The maximum Gasteiger partial charge on any atom is 0.330 e. The van der Waals surface area contributed by atoms with E-state index in [4.69, 9.17) is 9.47 Å². The highest BCUT2D eigenvalue weighted by molar-refractivity contribution is 5.87. The highest BCUT2D eigenvalue weighted by Gasteiger charge is 1.99. The van der Waals surface area contributed by atoms with Crippen LogP contribution in [0.25, 0.3) is 6.08 Å². The molecule has 2 aromatic rings. The Labute approximate surface area is 136 Å². The largest absolute Gasteiger partial charge is 0.487 e. The second-order valence-electron chi connectivity index (χ2n) is 5.08. The molecule has 120 valence electrons. The van der Waals surface area contributed by atoms with E-state index in [1.807, 2.05) is 36.4 Å². The van der Waals surface area contributed by atoms with E-state index in [2.05, 4.69) is 11.9 Å². The zero-order chi connectivity index (χ0) is 16.3. The van der Waals surface area contributed by atoms with Crippen LogP contribution in [0, 0.1) is 0 Å². The zero-order valence-corrected chi connectivity index (χ0v) is 13.3. The third kappa shape index (κ3) is 6.34. The van der Waals surface area contributed by atoms with Gasteiger partial charge >= 0.3 is 5.97 Å². The molecule has 0 N–H and O–H groups in total. The molecule has 0 fully saturated rings. The Bertz CT molecular complexity index is 638. The molecule has 2 rings (SSSR count). The highest BCUT2D eigenvalue weighted by atomic mass is 16.5. The molecule has 23 heavy (non-hydrogen) atoms. The summed E-state index contributed by atoms with van der Waals surface area (Å²) < 4.78 is 10.8. The molecule has 0 aliphatic heterocycles. The van der Waals surface area contributed by atoms with Gasteiger partial charge in [-0.15, -0.1) is 0 Å². The standard InChI is InChI=1S/C19H21NO3/c1-2-3-11-22-19(21)10-9-17-12-18(14-20-13-17)23-15-16-7-5-4-6-8-16/h4-10,12-14H,2-3,11,15H2,1H3. The number of nitrogens with zero attached hydrogens (tertiary/aromatic N) is 1. The predicted molar refractivity (Wildman–Crippen MR) is 89.9 cm³/mol. The van der Waals surface area contributed by atoms with Gasteiger partial charge in [-0.3, -0.25) is 4.98 Å². The molecule has 1 heterocycles. The number of pyridine rings is 1. The lowest BCUT2D eigenvalue weighted by Gasteiger charge is -2.06. The van der Waals surface area contributed by atoms with Gasteiger partial charge in [0.2, 0.25) is 0 Å². The van der Waals surface area contributed by atoms with Gasteiger partial charge in [0.05, 0.1) is 12.8 Å². The molecule has 4 nitrogen and oxygen atoms in total. The van der Waals surface area contributed by atoms with Crippen molar-refractivity contribution in [3.8, 4) is 5.75 Å². The minimum atomic E-state index is -0.339. The SMILES string of the molecule is CCCCOC(=O)C=Cc1cncc(OCc2ccccc2)c1. The molecule has 0 saturated carbocycles. The quantitative estimate of drug-likeness (QED) is 0.420. The molecule has 0 unspecified atom stereocenters. The fourth-order valence-electron chi connectivity index (χ4n) is 1.88. The van der Waals surface area contributed by atoms with Gasteiger partial charge in [-0.2, -0.15) is 0 Å². The molecular weight excluding hydrogens is 290 g/mol. The molecule has 0 atom stereocenters. The van der Waals surface area contributed by atoms with Crippen LogP contribution in [0.4, 0.5) is 0 Å². The van der Waals surface area contributed by atoms with Crippen molar-refractivity contribution >= 4 is 12.0 Å². The number of rotatable bonds is 8. The van der Waals surface area contributed by atoms with Crippen LogP contribution in [0.2, 0.25) is 0 Å². The molecule has 0 aliphatic rings. The Balaban J connectivity index is 1.88. The number of hydrogen-bond acceptors (Lipinski definition) is 4. The van der Waals surface area contributed by atoms with Crippen molar-refractivity contribution < 1.29 is 14.3 Å². The average Bonchev–Trinajstić information content (AvgIpc) is 2.60. The molecule has 0 saturated heterocycles. The van der Waals surface area contributed by atoms with Crippen molar-refractivity contribution in [2.75, 3.05) is 6.61 Å². The van der Waals surface area contributed by atoms with Crippen molar-refractivity contribution in [1.82, 2.24) is 4.98 Å². The third-order valence-electron chi connectivity index (χ3n) is 3.14. The van der Waals surface area contributed by atoms with Crippen LogP contribution < -0.4 is 4.74 Å². The van der Waals surface area contributed by atoms with E-state index in [9.17, 15) is 4.79 Å². The van der Waals surface area contributed by atoms with Crippen molar-refractivity contribution in [1.29, 1.82) is 0 Å². The predicted octanol–water partition coefficient (Wildman–Crippen LogP) is 4.02. The number of benzene rings is 1. The summed E-state index contributed by atoms with van der Waals surface area (Å²) in [6, 6.07) is 11.8. The number of aromatic nitrogens is 1. The van der Waals surface area contributed by atoms with Crippen molar-refractivity contribution in [2.45, 2.75) is 26.4 Å². The lowest BCUT2D eigenvalue weighted by atomic mass is 10.2. The van der Waals surface area contributed by atoms with Gasteiger partial charge in [-0.1, -0.05) is 43.7 Å². The molecule has 0 radical (unpaired) electrons. The van der Waals surface area contributed by atoms with Gasteiger partial charge in [0.25, 0.3) is 0 Å². The first kappa shape index (κ1) is 16.7. The monoisotopic (exact) mass is 311 g/mol. The number of carbonyl (C=O) groups excluding carboxylic acids is 1.